The Kier molecular flexibility index (Phi) is 6.78. The zero-order valence-corrected chi connectivity index (χ0v) is 17.5. The van der Waals surface area contributed by atoms with Crippen molar-refractivity contribution in [1.82, 2.24) is 4.72 Å². The molecule has 0 saturated carbocycles. The fourth-order valence-corrected chi connectivity index (χ4v) is 4.13. The second-order valence-electron chi connectivity index (χ2n) is 6.97. The molecular formula is C22H21N3O5S. The number of amides is 1. The molecule has 0 aromatic heterocycles. The number of nitro groups is 1. The first-order valence-corrected chi connectivity index (χ1v) is 10.9. The zero-order valence-electron chi connectivity index (χ0n) is 16.7. The maximum atomic E-state index is 13.0. The lowest BCUT2D eigenvalue weighted by Crippen LogP contribution is -2.45. The average Bonchev–Trinajstić information content (AvgIpc) is 2.74. The van der Waals surface area contributed by atoms with E-state index in [1.165, 1.54) is 36.4 Å². The molecule has 9 heteroatoms. The van der Waals surface area contributed by atoms with Gasteiger partial charge in [-0.05, 0) is 37.1 Å². The summed E-state index contributed by atoms with van der Waals surface area (Å²) in [5.41, 5.74) is 1.68. The average molecular weight is 439 g/mol. The highest BCUT2D eigenvalue weighted by atomic mass is 32.2. The lowest BCUT2D eigenvalue weighted by molar-refractivity contribution is -0.384. The molecule has 0 fully saturated rings. The van der Waals surface area contributed by atoms with E-state index >= 15 is 0 Å². The van der Waals surface area contributed by atoms with Gasteiger partial charge in [-0.25, -0.2) is 8.42 Å². The lowest BCUT2D eigenvalue weighted by Gasteiger charge is -2.19. The molecular weight excluding hydrogens is 418 g/mol. The monoisotopic (exact) mass is 439 g/mol. The van der Waals surface area contributed by atoms with E-state index in [2.05, 4.69) is 10.0 Å². The van der Waals surface area contributed by atoms with Crippen molar-refractivity contribution in [3.8, 4) is 0 Å². The fraction of sp³-hybridized carbons (Fsp3) is 0.136. The molecule has 0 spiro atoms. The first kappa shape index (κ1) is 22.1. The predicted octanol–water partition coefficient (Wildman–Crippen LogP) is 3.43. The Morgan fingerprint density at radius 2 is 1.68 bits per heavy atom. The smallest absolute Gasteiger partial charge is 0.271 e. The predicted molar refractivity (Wildman–Crippen MR) is 117 cm³/mol. The molecule has 0 saturated heterocycles. The maximum Gasteiger partial charge on any atom is 0.271 e. The van der Waals surface area contributed by atoms with Crippen molar-refractivity contribution >= 4 is 27.3 Å². The molecule has 2 N–H and O–H groups in total. The van der Waals surface area contributed by atoms with E-state index in [-0.39, 0.29) is 22.7 Å². The van der Waals surface area contributed by atoms with E-state index in [1.54, 1.807) is 36.4 Å². The van der Waals surface area contributed by atoms with Crippen LogP contribution in [0.5, 0.6) is 0 Å². The molecule has 3 aromatic carbocycles. The van der Waals surface area contributed by atoms with Crippen molar-refractivity contribution in [3.05, 3.63) is 100 Å². The second-order valence-corrected chi connectivity index (χ2v) is 8.69. The van der Waals surface area contributed by atoms with Crippen LogP contribution >= 0.6 is 0 Å². The summed E-state index contributed by atoms with van der Waals surface area (Å²) in [6, 6.07) is 19.6. The SMILES string of the molecule is Cc1ccc(S(=O)(=O)N[C@H](Cc2ccccc2)C(=O)Nc2cccc([N+](=O)[O-])c2)cc1. The van der Waals surface area contributed by atoms with Crippen LogP contribution in [0.15, 0.2) is 83.8 Å². The summed E-state index contributed by atoms with van der Waals surface area (Å²) >= 11 is 0. The molecule has 0 aliphatic carbocycles. The molecule has 1 atom stereocenters. The number of rotatable bonds is 8. The van der Waals surface area contributed by atoms with Gasteiger partial charge in [-0.3, -0.25) is 14.9 Å². The number of benzene rings is 3. The Labute approximate surface area is 180 Å². The topological polar surface area (TPSA) is 118 Å². The molecule has 1 amide bonds. The highest BCUT2D eigenvalue weighted by Crippen LogP contribution is 2.18. The van der Waals surface area contributed by atoms with E-state index in [9.17, 15) is 23.3 Å². The molecule has 31 heavy (non-hydrogen) atoms. The minimum Gasteiger partial charge on any atom is -0.324 e. The van der Waals surface area contributed by atoms with Crippen LogP contribution in [0.4, 0.5) is 11.4 Å². The normalized spacial score (nSPS) is 12.2. The van der Waals surface area contributed by atoms with Crippen LogP contribution in [0.25, 0.3) is 0 Å². The summed E-state index contributed by atoms with van der Waals surface area (Å²) < 4.78 is 28.2. The number of sulfonamides is 1. The number of hydrogen-bond acceptors (Lipinski definition) is 5. The summed E-state index contributed by atoms with van der Waals surface area (Å²) in [5.74, 6) is -0.625. The Bertz CT molecular complexity index is 1180. The van der Waals surface area contributed by atoms with Crippen LogP contribution in [-0.4, -0.2) is 25.3 Å². The van der Waals surface area contributed by atoms with Crippen LogP contribution in [0, 0.1) is 17.0 Å². The Balaban J connectivity index is 1.86. The number of nitrogens with one attached hydrogen (secondary N) is 2. The van der Waals surface area contributed by atoms with Gasteiger partial charge in [0, 0.05) is 17.8 Å². The van der Waals surface area contributed by atoms with Crippen LogP contribution < -0.4 is 10.0 Å². The van der Waals surface area contributed by atoms with Gasteiger partial charge in [0.25, 0.3) is 5.69 Å². The summed E-state index contributed by atoms with van der Waals surface area (Å²) in [6.07, 6.45) is 0.104. The number of carbonyl (C=O) groups excluding carboxylic acids is 1. The van der Waals surface area contributed by atoms with E-state index in [1.807, 2.05) is 13.0 Å². The first-order valence-electron chi connectivity index (χ1n) is 9.43. The van der Waals surface area contributed by atoms with Crippen LogP contribution in [0.3, 0.4) is 0 Å². The Morgan fingerprint density at radius 3 is 2.32 bits per heavy atom. The quantitative estimate of drug-likeness (QED) is 0.412. The number of anilines is 1. The molecule has 0 heterocycles. The van der Waals surface area contributed by atoms with Gasteiger partial charge < -0.3 is 5.32 Å². The van der Waals surface area contributed by atoms with Gasteiger partial charge in [-0.2, -0.15) is 4.72 Å². The molecule has 0 radical (unpaired) electrons. The third kappa shape index (κ3) is 5.97. The summed E-state index contributed by atoms with van der Waals surface area (Å²) in [4.78, 5) is 23.4. The fourth-order valence-electron chi connectivity index (χ4n) is 2.94. The first-order chi connectivity index (χ1) is 14.7. The molecule has 3 aromatic rings. The number of nitrogens with zero attached hydrogens (tertiary/aromatic N) is 1. The van der Waals surface area contributed by atoms with Crippen LogP contribution in [0.2, 0.25) is 0 Å². The van der Waals surface area contributed by atoms with Crippen molar-refractivity contribution in [2.75, 3.05) is 5.32 Å². The third-order valence-electron chi connectivity index (χ3n) is 4.55. The largest absolute Gasteiger partial charge is 0.324 e. The number of non-ortho nitro benzene ring substituents is 1. The highest BCUT2D eigenvalue weighted by molar-refractivity contribution is 7.89. The summed E-state index contributed by atoms with van der Waals surface area (Å²) in [7, 11) is -3.97. The second kappa shape index (κ2) is 9.50. The van der Waals surface area contributed by atoms with Gasteiger partial charge in [0.05, 0.1) is 9.82 Å². The number of hydrogen-bond donors (Lipinski definition) is 2. The summed E-state index contributed by atoms with van der Waals surface area (Å²) in [5, 5.41) is 13.6. The minimum absolute atomic E-state index is 0.0410. The number of nitro benzene ring substituents is 1. The molecule has 8 nitrogen and oxygen atoms in total. The van der Waals surface area contributed by atoms with Gasteiger partial charge in [-0.15, -0.1) is 0 Å². The van der Waals surface area contributed by atoms with Crippen molar-refractivity contribution in [2.45, 2.75) is 24.3 Å². The Hall–Kier alpha value is -3.56. The molecule has 0 aliphatic heterocycles. The van der Waals surface area contributed by atoms with Gasteiger partial charge in [-0.1, -0.05) is 54.1 Å². The van der Waals surface area contributed by atoms with Gasteiger partial charge in [0.2, 0.25) is 15.9 Å². The molecule has 160 valence electrons. The minimum atomic E-state index is -3.97. The number of carbonyl (C=O) groups is 1. The van der Waals surface area contributed by atoms with Gasteiger partial charge in [0.15, 0.2) is 0 Å². The van der Waals surface area contributed by atoms with Gasteiger partial charge >= 0.3 is 0 Å². The van der Waals surface area contributed by atoms with E-state index in [4.69, 9.17) is 0 Å². The van der Waals surface area contributed by atoms with Crippen LogP contribution in [0.1, 0.15) is 11.1 Å². The van der Waals surface area contributed by atoms with Crippen molar-refractivity contribution in [1.29, 1.82) is 0 Å². The maximum absolute atomic E-state index is 13.0. The van der Waals surface area contributed by atoms with Crippen molar-refractivity contribution in [2.24, 2.45) is 0 Å². The molecule has 3 rings (SSSR count). The van der Waals surface area contributed by atoms with Crippen molar-refractivity contribution in [3.63, 3.8) is 0 Å². The highest BCUT2D eigenvalue weighted by Gasteiger charge is 2.26. The molecule has 0 unspecified atom stereocenters. The standard InChI is InChI=1S/C22H21N3O5S/c1-16-10-12-20(13-11-16)31(29,30)24-21(14-17-6-3-2-4-7-17)22(26)23-18-8-5-9-19(15-18)25(27)28/h2-13,15,21,24H,14H2,1H3,(H,23,26)/t21-/m1/s1. The third-order valence-corrected chi connectivity index (χ3v) is 6.04. The van der Waals surface area contributed by atoms with E-state index in [0.717, 1.165) is 11.1 Å². The summed E-state index contributed by atoms with van der Waals surface area (Å²) in [6.45, 7) is 1.84. The Morgan fingerprint density at radius 1 is 1.00 bits per heavy atom. The van der Waals surface area contributed by atoms with E-state index in [0.29, 0.717) is 0 Å². The molecule has 0 aliphatic rings. The van der Waals surface area contributed by atoms with Crippen LogP contribution in [-0.2, 0) is 21.2 Å². The van der Waals surface area contributed by atoms with Gasteiger partial charge in [0.1, 0.15) is 6.04 Å². The lowest BCUT2D eigenvalue weighted by atomic mass is 10.1. The molecule has 0 bridgehead atoms. The zero-order chi connectivity index (χ0) is 22.4. The van der Waals surface area contributed by atoms with Crippen molar-refractivity contribution < 1.29 is 18.1 Å². The van der Waals surface area contributed by atoms with E-state index < -0.39 is 26.9 Å². The number of aryl methyl sites for hydroxylation is 1.